The molecule has 100 valence electrons. The molecule has 2 unspecified atom stereocenters. The van der Waals surface area contributed by atoms with Gasteiger partial charge in [-0.1, -0.05) is 13.8 Å². The van der Waals surface area contributed by atoms with E-state index in [1.165, 1.54) is 6.42 Å². The highest BCUT2D eigenvalue weighted by Gasteiger charge is 2.24. The van der Waals surface area contributed by atoms with Crippen molar-refractivity contribution in [3.8, 4) is 0 Å². The van der Waals surface area contributed by atoms with Gasteiger partial charge in [-0.25, -0.2) is 0 Å². The summed E-state index contributed by atoms with van der Waals surface area (Å²) >= 11 is 0. The van der Waals surface area contributed by atoms with E-state index >= 15 is 0 Å². The second kappa shape index (κ2) is 5.42. The van der Waals surface area contributed by atoms with E-state index in [1.54, 1.807) is 17.1 Å². The molecule has 1 aromatic heterocycles. The van der Waals surface area contributed by atoms with Gasteiger partial charge in [0.1, 0.15) is 6.54 Å². The maximum absolute atomic E-state index is 11.9. The molecule has 1 aliphatic carbocycles. The fraction of sp³-hybridized carbons (Fsp3) is 0.692. The summed E-state index contributed by atoms with van der Waals surface area (Å²) < 4.78 is 1.57. The summed E-state index contributed by atoms with van der Waals surface area (Å²) in [4.78, 5) is 11.9. The molecule has 0 aliphatic heterocycles. The molecule has 1 heterocycles. The first-order valence-corrected chi connectivity index (χ1v) is 6.60. The van der Waals surface area contributed by atoms with E-state index in [0.717, 1.165) is 12.8 Å². The average Bonchev–Trinajstić information content (AvgIpc) is 2.61. The predicted molar refractivity (Wildman–Crippen MR) is 70.7 cm³/mol. The van der Waals surface area contributed by atoms with Gasteiger partial charge in [0.25, 0.3) is 0 Å². The molecule has 2 atom stereocenters. The Balaban J connectivity index is 1.83. The van der Waals surface area contributed by atoms with Gasteiger partial charge in [0.15, 0.2) is 0 Å². The van der Waals surface area contributed by atoms with Crippen molar-refractivity contribution in [3.05, 3.63) is 12.4 Å². The zero-order valence-corrected chi connectivity index (χ0v) is 11.1. The number of amides is 1. The normalized spacial score (nSPS) is 28.0. The van der Waals surface area contributed by atoms with E-state index in [0.29, 0.717) is 23.6 Å². The standard InChI is InChI=1S/C13H22N4O/c1-9-3-10(2)5-12(4-9)16-13(18)8-17-7-11(14)6-15-17/h6-7,9-10,12H,3-5,8,14H2,1-2H3,(H,16,18). The van der Waals surface area contributed by atoms with Gasteiger partial charge in [0.05, 0.1) is 11.9 Å². The van der Waals surface area contributed by atoms with Crippen LogP contribution in [0.15, 0.2) is 12.4 Å². The van der Waals surface area contributed by atoms with Gasteiger partial charge >= 0.3 is 0 Å². The lowest BCUT2D eigenvalue weighted by molar-refractivity contribution is -0.122. The molecule has 2 rings (SSSR count). The number of aromatic nitrogens is 2. The summed E-state index contributed by atoms with van der Waals surface area (Å²) in [5.41, 5.74) is 6.15. The van der Waals surface area contributed by atoms with Crippen LogP contribution >= 0.6 is 0 Å². The number of nitrogens with zero attached hydrogens (tertiary/aromatic N) is 2. The Kier molecular flexibility index (Phi) is 3.89. The van der Waals surface area contributed by atoms with E-state index < -0.39 is 0 Å². The number of carbonyl (C=O) groups excluding carboxylic acids is 1. The first-order valence-electron chi connectivity index (χ1n) is 6.60. The average molecular weight is 250 g/mol. The van der Waals surface area contributed by atoms with Crippen molar-refractivity contribution in [2.75, 3.05) is 5.73 Å². The minimum Gasteiger partial charge on any atom is -0.396 e. The summed E-state index contributed by atoms with van der Waals surface area (Å²) in [6.07, 6.45) is 6.65. The highest BCUT2D eigenvalue weighted by molar-refractivity contribution is 5.76. The van der Waals surface area contributed by atoms with Crippen molar-refractivity contribution in [3.63, 3.8) is 0 Å². The second-order valence-corrected chi connectivity index (χ2v) is 5.65. The third kappa shape index (κ3) is 3.48. The van der Waals surface area contributed by atoms with E-state index in [-0.39, 0.29) is 12.5 Å². The Hall–Kier alpha value is -1.52. The summed E-state index contributed by atoms with van der Waals surface area (Å²) in [6.45, 7) is 4.75. The van der Waals surface area contributed by atoms with Gasteiger partial charge in [0, 0.05) is 12.2 Å². The van der Waals surface area contributed by atoms with E-state index in [4.69, 9.17) is 5.73 Å². The van der Waals surface area contributed by atoms with Crippen LogP contribution in [0.25, 0.3) is 0 Å². The van der Waals surface area contributed by atoms with Crippen LogP contribution < -0.4 is 11.1 Å². The Labute approximate surface area is 108 Å². The highest BCUT2D eigenvalue weighted by Crippen LogP contribution is 2.28. The Bertz CT molecular complexity index is 405. The molecule has 3 N–H and O–H groups in total. The van der Waals surface area contributed by atoms with Crippen molar-refractivity contribution >= 4 is 11.6 Å². The monoisotopic (exact) mass is 250 g/mol. The lowest BCUT2D eigenvalue weighted by Gasteiger charge is -2.31. The predicted octanol–water partition coefficient (Wildman–Crippen LogP) is 1.41. The molecule has 5 heteroatoms. The number of hydrogen-bond acceptors (Lipinski definition) is 3. The Morgan fingerprint density at radius 2 is 2.11 bits per heavy atom. The largest absolute Gasteiger partial charge is 0.396 e. The quantitative estimate of drug-likeness (QED) is 0.851. The second-order valence-electron chi connectivity index (χ2n) is 5.65. The molecule has 18 heavy (non-hydrogen) atoms. The van der Waals surface area contributed by atoms with Crippen LogP contribution in [0.3, 0.4) is 0 Å². The van der Waals surface area contributed by atoms with Crippen LogP contribution in [-0.4, -0.2) is 21.7 Å². The number of anilines is 1. The first kappa shape index (κ1) is 12.9. The topological polar surface area (TPSA) is 72.9 Å². The number of nitrogens with one attached hydrogen (secondary N) is 1. The van der Waals surface area contributed by atoms with E-state index in [9.17, 15) is 4.79 Å². The van der Waals surface area contributed by atoms with Crippen LogP contribution in [-0.2, 0) is 11.3 Å². The highest BCUT2D eigenvalue weighted by atomic mass is 16.2. The lowest BCUT2D eigenvalue weighted by atomic mass is 9.80. The zero-order chi connectivity index (χ0) is 13.1. The molecule has 0 spiro atoms. The number of nitrogens with two attached hydrogens (primary N) is 1. The van der Waals surface area contributed by atoms with Crippen LogP contribution in [0.4, 0.5) is 5.69 Å². The van der Waals surface area contributed by atoms with Crippen molar-refractivity contribution in [2.45, 2.75) is 45.7 Å². The van der Waals surface area contributed by atoms with Gasteiger partial charge in [-0.3, -0.25) is 9.48 Å². The molecule has 0 saturated heterocycles. The molecular formula is C13H22N4O. The molecule has 0 radical (unpaired) electrons. The van der Waals surface area contributed by atoms with Gasteiger partial charge in [0.2, 0.25) is 5.91 Å². The van der Waals surface area contributed by atoms with E-state index in [1.807, 2.05) is 0 Å². The van der Waals surface area contributed by atoms with Gasteiger partial charge in [-0.2, -0.15) is 5.10 Å². The summed E-state index contributed by atoms with van der Waals surface area (Å²) in [5.74, 6) is 1.41. The van der Waals surface area contributed by atoms with Crippen LogP contribution in [0.1, 0.15) is 33.1 Å². The Morgan fingerprint density at radius 1 is 1.44 bits per heavy atom. The fourth-order valence-corrected chi connectivity index (χ4v) is 2.95. The molecule has 0 aromatic carbocycles. The number of rotatable bonds is 3. The summed E-state index contributed by atoms with van der Waals surface area (Å²) in [5, 5.41) is 7.11. The molecule has 1 amide bonds. The minimum absolute atomic E-state index is 0.0180. The van der Waals surface area contributed by atoms with E-state index in [2.05, 4.69) is 24.3 Å². The maximum Gasteiger partial charge on any atom is 0.241 e. The molecule has 1 saturated carbocycles. The molecule has 1 aromatic rings. The van der Waals surface area contributed by atoms with Crippen molar-refractivity contribution in [1.82, 2.24) is 15.1 Å². The van der Waals surface area contributed by atoms with Gasteiger partial charge in [-0.15, -0.1) is 0 Å². The third-order valence-corrected chi connectivity index (χ3v) is 3.50. The van der Waals surface area contributed by atoms with Crippen LogP contribution in [0.2, 0.25) is 0 Å². The maximum atomic E-state index is 11.9. The number of carbonyl (C=O) groups is 1. The van der Waals surface area contributed by atoms with Crippen molar-refractivity contribution < 1.29 is 4.79 Å². The number of nitrogen functional groups attached to an aromatic ring is 1. The van der Waals surface area contributed by atoms with Crippen LogP contribution in [0.5, 0.6) is 0 Å². The summed E-state index contributed by atoms with van der Waals surface area (Å²) in [6, 6.07) is 0.309. The van der Waals surface area contributed by atoms with Gasteiger partial charge < -0.3 is 11.1 Å². The molecule has 0 bridgehead atoms. The SMILES string of the molecule is CC1CC(C)CC(NC(=O)Cn2cc(N)cn2)C1. The smallest absolute Gasteiger partial charge is 0.241 e. The molecular weight excluding hydrogens is 228 g/mol. The molecule has 5 nitrogen and oxygen atoms in total. The third-order valence-electron chi connectivity index (χ3n) is 3.50. The molecule has 1 aliphatic rings. The molecule has 1 fully saturated rings. The van der Waals surface area contributed by atoms with Crippen LogP contribution in [0, 0.1) is 11.8 Å². The number of hydrogen-bond donors (Lipinski definition) is 2. The fourth-order valence-electron chi connectivity index (χ4n) is 2.95. The van der Waals surface area contributed by atoms with Crippen molar-refractivity contribution in [2.24, 2.45) is 11.8 Å². The van der Waals surface area contributed by atoms with Crippen molar-refractivity contribution in [1.29, 1.82) is 0 Å². The summed E-state index contributed by atoms with van der Waals surface area (Å²) in [7, 11) is 0. The van der Waals surface area contributed by atoms with Gasteiger partial charge in [-0.05, 0) is 31.1 Å². The minimum atomic E-state index is 0.0180. The lowest BCUT2D eigenvalue weighted by Crippen LogP contribution is -2.41. The zero-order valence-electron chi connectivity index (χ0n) is 11.1. The first-order chi connectivity index (χ1) is 8.52. The Morgan fingerprint density at radius 3 is 2.67 bits per heavy atom.